The number of para-hydroxylation sites is 2. The Morgan fingerprint density at radius 2 is 1.56 bits per heavy atom. The fourth-order valence-electron chi connectivity index (χ4n) is 2.50. The zero-order valence-electron chi connectivity index (χ0n) is 14.7. The molecule has 1 aromatic heterocycles. The summed E-state index contributed by atoms with van der Waals surface area (Å²) in [5.74, 6) is 0.588. The molecular weight excluding hydrogens is 310 g/mol. The summed E-state index contributed by atoms with van der Waals surface area (Å²) in [5, 5.41) is 0. The molecule has 4 heteroatoms. The van der Waals surface area contributed by atoms with Gasteiger partial charge in [-0.15, -0.1) is 0 Å². The third-order valence-corrected chi connectivity index (χ3v) is 3.79. The molecule has 2 aromatic carbocycles. The number of benzene rings is 2. The van der Waals surface area contributed by atoms with Gasteiger partial charge in [-0.2, -0.15) is 0 Å². The second kappa shape index (κ2) is 8.40. The fourth-order valence-corrected chi connectivity index (χ4v) is 2.50. The van der Waals surface area contributed by atoms with E-state index in [9.17, 15) is 0 Å². The Labute approximate surface area is 148 Å². The van der Waals surface area contributed by atoms with Crippen LogP contribution in [0.5, 0.6) is 5.88 Å². The molecule has 0 atom stereocenters. The SMILES string of the molecule is CN(C)CCCOc1nc2ccccc2nc1/C=C/c1ccccc1. The van der Waals surface area contributed by atoms with Crippen LogP contribution in [-0.4, -0.2) is 42.1 Å². The summed E-state index contributed by atoms with van der Waals surface area (Å²) in [6, 6.07) is 18.0. The lowest BCUT2D eigenvalue weighted by atomic mass is 10.2. The summed E-state index contributed by atoms with van der Waals surface area (Å²) in [4.78, 5) is 11.5. The lowest BCUT2D eigenvalue weighted by molar-refractivity contribution is 0.272. The first kappa shape index (κ1) is 17.1. The molecule has 0 bridgehead atoms. The summed E-state index contributed by atoms with van der Waals surface area (Å²) in [6.07, 6.45) is 4.95. The Hall–Kier alpha value is -2.72. The predicted octanol–water partition coefficient (Wildman–Crippen LogP) is 4.13. The lowest BCUT2D eigenvalue weighted by Crippen LogP contribution is -2.16. The molecule has 0 N–H and O–H groups in total. The van der Waals surface area contributed by atoms with Crippen molar-refractivity contribution in [1.29, 1.82) is 0 Å². The summed E-state index contributed by atoms with van der Waals surface area (Å²) < 4.78 is 5.93. The normalized spacial score (nSPS) is 11.5. The predicted molar refractivity (Wildman–Crippen MR) is 104 cm³/mol. The molecule has 0 unspecified atom stereocenters. The molecule has 128 valence electrons. The van der Waals surface area contributed by atoms with Crippen LogP contribution in [0.4, 0.5) is 0 Å². The molecule has 1 heterocycles. The van der Waals surface area contributed by atoms with Crippen LogP contribution in [0.25, 0.3) is 23.2 Å². The highest BCUT2D eigenvalue weighted by molar-refractivity contribution is 5.78. The summed E-state index contributed by atoms with van der Waals surface area (Å²) >= 11 is 0. The van der Waals surface area contributed by atoms with Crippen molar-refractivity contribution in [1.82, 2.24) is 14.9 Å². The van der Waals surface area contributed by atoms with Crippen LogP contribution in [0.15, 0.2) is 54.6 Å². The summed E-state index contributed by atoms with van der Waals surface area (Å²) in [5.41, 5.74) is 3.60. The largest absolute Gasteiger partial charge is 0.476 e. The Bertz CT molecular complexity index is 844. The molecule has 3 aromatic rings. The Balaban J connectivity index is 1.85. The van der Waals surface area contributed by atoms with Crippen molar-refractivity contribution in [2.45, 2.75) is 6.42 Å². The molecule has 0 spiro atoms. The standard InChI is InChI=1S/C21H23N3O/c1-24(2)15-8-16-25-21-20(14-13-17-9-4-3-5-10-17)22-18-11-6-7-12-19(18)23-21/h3-7,9-14H,8,15-16H2,1-2H3/b14-13+. The van der Waals surface area contributed by atoms with Crippen molar-refractivity contribution < 1.29 is 4.74 Å². The molecule has 0 amide bonds. The van der Waals surface area contributed by atoms with Crippen LogP contribution in [0, 0.1) is 0 Å². The van der Waals surface area contributed by atoms with Gasteiger partial charge in [-0.1, -0.05) is 48.5 Å². The second-order valence-corrected chi connectivity index (χ2v) is 6.15. The van der Waals surface area contributed by atoms with Crippen molar-refractivity contribution in [3.05, 3.63) is 65.9 Å². The zero-order chi connectivity index (χ0) is 17.5. The molecule has 0 aliphatic heterocycles. The first-order valence-electron chi connectivity index (χ1n) is 8.50. The summed E-state index contributed by atoms with van der Waals surface area (Å²) in [7, 11) is 4.12. The lowest BCUT2D eigenvalue weighted by Gasteiger charge is -2.11. The number of hydrogen-bond donors (Lipinski definition) is 0. The Morgan fingerprint density at radius 3 is 2.28 bits per heavy atom. The van der Waals surface area contributed by atoms with E-state index >= 15 is 0 Å². The summed E-state index contributed by atoms with van der Waals surface area (Å²) in [6.45, 7) is 1.60. The monoisotopic (exact) mass is 333 g/mol. The highest BCUT2D eigenvalue weighted by Gasteiger charge is 2.08. The van der Waals surface area contributed by atoms with Gasteiger partial charge in [-0.25, -0.2) is 9.97 Å². The maximum Gasteiger partial charge on any atom is 0.240 e. The molecule has 3 rings (SSSR count). The number of hydrogen-bond acceptors (Lipinski definition) is 4. The van der Waals surface area contributed by atoms with E-state index in [1.54, 1.807) is 0 Å². The minimum absolute atomic E-state index is 0.588. The number of nitrogens with zero attached hydrogens (tertiary/aromatic N) is 3. The van der Waals surface area contributed by atoms with Crippen molar-refractivity contribution >= 4 is 23.2 Å². The average molecular weight is 333 g/mol. The maximum absolute atomic E-state index is 5.93. The first-order chi connectivity index (χ1) is 12.2. The molecular formula is C21H23N3O. The smallest absolute Gasteiger partial charge is 0.240 e. The van der Waals surface area contributed by atoms with Gasteiger partial charge in [0, 0.05) is 6.54 Å². The van der Waals surface area contributed by atoms with E-state index in [4.69, 9.17) is 9.72 Å². The Morgan fingerprint density at radius 1 is 0.880 bits per heavy atom. The van der Waals surface area contributed by atoms with Crippen molar-refractivity contribution in [2.75, 3.05) is 27.2 Å². The van der Waals surface area contributed by atoms with E-state index in [2.05, 4.69) is 36.1 Å². The molecule has 25 heavy (non-hydrogen) atoms. The number of rotatable bonds is 7. The molecule has 4 nitrogen and oxygen atoms in total. The minimum Gasteiger partial charge on any atom is -0.476 e. The van der Waals surface area contributed by atoms with Gasteiger partial charge >= 0.3 is 0 Å². The van der Waals surface area contributed by atoms with Crippen molar-refractivity contribution in [3.8, 4) is 5.88 Å². The van der Waals surface area contributed by atoms with Crippen LogP contribution in [0.3, 0.4) is 0 Å². The first-order valence-corrected chi connectivity index (χ1v) is 8.50. The number of ether oxygens (including phenoxy) is 1. The molecule has 0 saturated heterocycles. The van der Waals surface area contributed by atoms with E-state index in [1.807, 2.05) is 54.6 Å². The zero-order valence-corrected chi connectivity index (χ0v) is 14.7. The second-order valence-electron chi connectivity index (χ2n) is 6.15. The fraction of sp³-hybridized carbons (Fsp3) is 0.238. The van der Waals surface area contributed by atoms with E-state index < -0.39 is 0 Å². The quantitative estimate of drug-likeness (QED) is 0.609. The van der Waals surface area contributed by atoms with E-state index in [0.717, 1.165) is 35.3 Å². The molecule has 0 fully saturated rings. The Kier molecular flexibility index (Phi) is 5.75. The van der Waals surface area contributed by atoms with Crippen LogP contribution in [0.2, 0.25) is 0 Å². The third kappa shape index (κ3) is 4.88. The van der Waals surface area contributed by atoms with E-state index in [1.165, 1.54) is 0 Å². The van der Waals surface area contributed by atoms with Crippen LogP contribution >= 0.6 is 0 Å². The van der Waals surface area contributed by atoms with Gasteiger partial charge < -0.3 is 9.64 Å². The molecule has 0 aliphatic rings. The van der Waals surface area contributed by atoms with Crippen molar-refractivity contribution in [2.24, 2.45) is 0 Å². The van der Waals surface area contributed by atoms with Gasteiger partial charge in [-0.05, 0) is 44.3 Å². The topological polar surface area (TPSA) is 38.2 Å². The third-order valence-electron chi connectivity index (χ3n) is 3.79. The van der Waals surface area contributed by atoms with Gasteiger partial charge in [0.15, 0.2) is 0 Å². The van der Waals surface area contributed by atoms with Crippen LogP contribution in [-0.2, 0) is 0 Å². The average Bonchev–Trinajstić information content (AvgIpc) is 2.64. The maximum atomic E-state index is 5.93. The van der Waals surface area contributed by atoms with Crippen LogP contribution < -0.4 is 4.74 Å². The highest BCUT2D eigenvalue weighted by atomic mass is 16.5. The highest BCUT2D eigenvalue weighted by Crippen LogP contribution is 2.21. The van der Waals surface area contributed by atoms with Gasteiger partial charge in [0.2, 0.25) is 5.88 Å². The van der Waals surface area contributed by atoms with Gasteiger partial charge in [-0.3, -0.25) is 0 Å². The van der Waals surface area contributed by atoms with Crippen molar-refractivity contribution in [3.63, 3.8) is 0 Å². The molecule has 0 saturated carbocycles. The van der Waals surface area contributed by atoms with E-state index in [0.29, 0.717) is 12.5 Å². The van der Waals surface area contributed by atoms with Gasteiger partial charge in [0.05, 0.1) is 17.6 Å². The number of aromatic nitrogens is 2. The molecule has 0 aliphatic carbocycles. The van der Waals surface area contributed by atoms with E-state index in [-0.39, 0.29) is 0 Å². The van der Waals surface area contributed by atoms with Gasteiger partial charge in [0.1, 0.15) is 5.69 Å². The van der Waals surface area contributed by atoms with Gasteiger partial charge in [0.25, 0.3) is 0 Å². The number of fused-ring (bicyclic) bond motifs is 1. The minimum atomic E-state index is 0.588. The molecule has 0 radical (unpaired) electrons. The van der Waals surface area contributed by atoms with Crippen LogP contribution in [0.1, 0.15) is 17.7 Å².